The van der Waals surface area contributed by atoms with E-state index >= 15 is 0 Å². The van der Waals surface area contributed by atoms with E-state index in [0.29, 0.717) is 0 Å². The van der Waals surface area contributed by atoms with Crippen LogP contribution in [0.4, 0.5) is 5.69 Å². The van der Waals surface area contributed by atoms with Gasteiger partial charge in [0.2, 0.25) is 5.91 Å². The smallest absolute Gasteiger partial charge is 0.231 e. The lowest BCUT2D eigenvalue weighted by Gasteiger charge is -2.03. The molecule has 0 saturated carbocycles. The summed E-state index contributed by atoms with van der Waals surface area (Å²) in [5, 5.41) is 9.21. The summed E-state index contributed by atoms with van der Waals surface area (Å²) in [6.45, 7) is 3.94. The van der Waals surface area contributed by atoms with Crippen LogP contribution in [0.5, 0.6) is 0 Å². The standard InChI is InChI=1S/C17H15N3OS2/c1-9-7-22-15(18-9)6-16-19-14(8-23-16)11-3-4-13-12(5-11)10(2)17(21)20-13/h3-5,7-8,10H,6H2,1-2H3,(H,20,21)/t10-/m0/s1. The molecule has 2 aromatic heterocycles. The van der Waals surface area contributed by atoms with Gasteiger partial charge in [-0.25, -0.2) is 9.97 Å². The minimum absolute atomic E-state index is 0.0651. The fraction of sp³-hybridized carbons (Fsp3) is 0.235. The first-order chi connectivity index (χ1) is 11.1. The molecule has 3 aromatic rings. The molecule has 0 saturated heterocycles. The highest BCUT2D eigenvalue weighted by Crippen LogP contribution is 2.35. The van der Waals surface area contributed by atoms with Crippen LogP contribution in [0.15, 0.2) is 29.0 Å². The average molecular weight is 341 g/mol. The Morgan fingerprint density at radius 3 is 2.74 bits per heavy atom. The van der Waals surface area contributed by atoms with Crippen molar-refractivity contribution in [3.63, 3.8) is 0 Å². The van der Waals surface area contributed by atoms with E-state index in [1.807, 2.05) is 26.0 Å². The number of hydrogen-bond acceptors (Lipinski definition) is 5. The number of aromatic nitrogens is 2. The molecule has 4 rings (SSSR count). The molecule has 23 heavy (non-hydrogen) atoms. The summed E-state index contributed by atoms with van der Waals surface area (Å²) >= 11 is 3.33. The minimum Gasteiger partial charge on any atom is -0.325 e. The molecule has 1 amide bonds. The van der Waals surface area contributed by atoms with Crippen molar-refractivity contribution in [2.75, 3.05) is 5.32 Å². The molecule has 1 aliphatic heterocycles. The van der Waals surface area contributed by atoms with Gasteiger partial charge in [-0.05, 0) is 31.5 Å². The fourth-order valence-corrected chi connectivity index (χ4v) is 4.39. The highest BCUT2D eigenvalue weighted by Gasteiger charge is 2.26. The number of anilines is 1. The molecule has 1 atom stereocenters. The second-order valence-electron chi connectivity index (χ2n) is 5.70. The number of nitrogens with one attached hydrogen (secondary N) is 1. The van der Waals surface area contributed by atoms with Gasteiger partial charge in [0, 0.05) is 27.7 Å². The number of aryl methyl sites for hydroxylation is 1. The van der Waals surface area contributed by atoms with Crippen LogP contribution in [0, 0.1) is 6.92 Å². The van der Waals surface area contributed by atoms with Gasteiger partial charge in [0.15, 0.2) is 0 Å². The monoisotopic (exact) mass is 341 g/mol. The molecule has 4 nitrogen and oxygen atoms in total. The minimum atomic E-state index is -0.0960. The number of carbonyl (C=O) groups is 1. The third kappa shape index (κ3) is 2.68. The van der Waals surface area contributed by atoms with Crippen LogP contribution in [0.25, 0.3) is 11.3 Å². The first kappa shape index (κ1) is 14.5. The van der Waals surface area contributed by atoms with Crippen LogP contribution in [-0.4, -0.2) is 15.9 Å². The molecular formula is C17H15N3OS2. The van der Waals surface area contributed by atoms with Crippen molar-refractivity contribution in [3.8, 4) is 11.3 Å². The van der Waals surface area contributed by atoms with Gasteiger partial charge in [0.25, 0.3) is 0 Å². The molecule has 116 valence electrons. The maximum atomic E-state index is 11.8. The van der Waals surface area contributed by atoms with Crippen molar-refractivity contribution < 1.29 is 4.79 Å². The number of rotatable bonds is 3. The second kappa shape index (κ2) is 5.54. The molecule has 1 N–H and O–H groups in total. The fourth-order valence-electron chi connectivity index (χ4n) is 2.71. The van der Waals surface area contributed by atoms with Gasteiger partial charge in [0.1, 0.15) is 5.01 Å². The molecule has 0 bridgehead atoms. The van der Waals surface area contributed by atoms with Crippen molar-refractivity contribution in [1.29, 1.82) is 0 Å². The Hall–Kier alpha value is -2.05. The third-order valence-corrected chi connectivity index (χ3v) is 5.80. The summed E-state index contributed by atoms with van der Waals surface area (Å²) in [5.41, 5.74) is 5.06. The van der Waals surface area contributed by atoms with Crippen molar-refractivity contribution in [3.05, 3.63) is 50.2 Å². The van der Waals surface area contributed by atoms with Crippen molar-refractivity contribution >= 4 is 34.3 Å². The maximum absolute atomic E-state index is 11.8. The van der Waals surface area contributed by atoms with E-state index in [1.165, 1.54) is 0 Å². The van der Waals surface area contributed by atoms with E-state index in [1.54, 1.807) is 22.7 Å². The van der Waals surface area contributed by atoms with Crippen LogP contribution in [-0.2, 0) is 11.2 Å². The summed E-state index contributed by atoms with van der Waals surface area (Å²) < 4.78 is 0. The van der Waals surface area contributed by atoms with E-state index in [9.17, 15) is 4.79 Å². The molecule has 0 unspecified atom stereocenters. The Morgan fingerprint density at radius 1 is 1.17 bits per heavy atom. The topological polar surface area (TPSA) is 54.9 Å². The summed E-state index contributed by atoms with van der Waals surface area (Å²) in [4.78, 5) is 21.0. The third-order valence-electron chi connectivity index (χ3n) is 3.99. The summed E-state index contributed by atoms with van der Waals surface area (Å²) in [7, 11) is 0. The number of nitrogens with zero attached hydrogens (tertiary/aromatic N) is 2. The summed E-state index contributed by atoms with van der Waals surface area (Å²) in [6, 6.07) is 6.06. The molecule has 1 aromatic carbocycles. The lowest BCUT2D eigenvalue weighted by molar-refractivity contribution is -0.116. The number of hydrogen-bond donors (Lipinski definition) is 1. The number of amides is 1. The molecule has 3 heterocycles. The zero-order valence-electron chi connectivity index (χ0n) is 12.8. The lowest BCUT2D eigenvalue weighted by atomic mass is 10.00. The van der Waals surface area contributed by atoms with E-state index in [-0.39, 0.29) is 11.8 Å². The molecule has 0 spiro atoms. The van der Waals surface area contributed by atoms with Crippen LogP contribution in [0.3, 0.4) is 0 Å². The molecule has 0 radical (unpaired) electrons. The van der Waals surface area contributed by atoms with Crippen molar-refractivity contribution in [2.24, 2.45) is 0 Å². The Morgan fingerprint density at radius 2 is 1.96 bits per heavy atom. The molecule has 0 aliphatic carbocycles. The van der Waals surface area contributed by atoms with Crippen molar-refractivity contribution in [1.82, 2.24) is 9.97 Å². The van der Waals surface area contributed by atoms with Crippen LogP contribution >= 0.6 is 22.7 Å². The van der Waals surface area contributed by atoms with E-state index in [4.69, 9.17) is 4.98 Å². The van der Waals surface area contributed by atoms with Crippen LogP contribution in [0.2, 0.25) is 0 Å². The van der Waals surface area contributed by atoms with Gasteiger partial charge in [-0.2, -0.15) is 0 Å². The molecule has 6 heteroatoms. The van der Waals surface area contributed by atoms with E-state index in [2.05, 4.69) is 27.1 Å². The molecule has 0 fully saturated rings. The first-order valence-electron chi connectivity index (χ1n) is 7.41. The van der Waals surface area contributed by atoms with Gasteiger partial charge < -0.3 is 5.32 Å². The Kier molecular flexibility index (Phi) is 3.50. The van der Waals surface area contributed by atoms with Gasteiger partial charge in [-0.15, -0.1) is 22.7 Å². The highest BCUT2D eigenvalue weighted by molar-refractivity contribution is 7.11. The summed E-state index contributed by atoms with van der Waals surface area (Å²) in [5.74, 6) is -0.0309. The van der Waals surface area contributed by atoms with Crippen LogP contribution < -0.4 is 5.32 Å². The zero-order chi connectivity index (χ0) is 16.0. The largest absolute Gasteiger partial charge is 0.325 e. The normalized spacial score (nSPS) is 16.4. The van der Waals surface area contributed by atoms with Gasteiger partial charge in [0.05, 0.1) is 23.0 Å². The van der Waals surface area contributed by atoms with E-state index in [0.717, 1.165) is 44.6 Å². The van der Waals surface area contributed by atoms with E-state index < -0.39 is 0 Å². The average Bonchev–Trinajstić information content (AvgIpc) is 3.22. The van der Waals surface area contributed by atoms with Crippen molar-refractivity contribution in [2.45, 2.75) is 26.2 Å². The Labute approximate surface area is 142 Å². The number of thiazole rings is 2. The summed E-state index contributed by atoms with van der Waals surface area (Å²) in [6.07, 6.45) is 0.782. The zero-order valence-corrected chi connectivity index (χ0v) is 14.4. The predicted octanol–water partition coefficient (Wildman–Crippen LogP) is 4.22. The Bertz CT molecular complexity index is 897. The molecular weight excluding hydrogens is 326 g/mol. The highest BCUT2D eigenvalue weighted by atomic mass is 32.1. The number of fused-ring (bicyclic) bond motifs is 1. The first-order valence-corrected chi connectivity index (χ1v) is 9.16. The second-order valence-corrected chi connectivity index (χ2v) is 7.58. The molecule has 1 aliphatic rings. The predicted molar refractivity (Wildman–Crippen MR) is 94.3 cm³/mol. The van der Waals surface area contributed by atoms with Gasteiger partial charge in [-0.3, -0.25) is 4.79 Å². The quantitative estimate of drug-likeness (QED) is 0.776. The number of benzene rings is 1. The number of carbonyl (C=O) groups excluding carboxylic acids is 1. The van der Waals surface area contributed by atoms with Crippen LogP contribution in [0.1, 0.15) is 34.1 Å². The Balaban J connectivity index is 1.61. The van der Waals surface area contributed by atoms with Gasteiger partial charge in [-0.1, -0.05) is 6.07 Å². The maximum Gasteiger partial charge on any atom is 0.231 e. The SMILES string of the molecule is Cc1csc(Cc2nc(-c3ccc4c(c3)[C@H](C)C(=O)N4)cs2)n1. The lowest BCUT2D eigenvalue weighted by Crippen LogP contribution is -2.08. The van der Waals surface area contributed by atoms with Gasteiger partial charge >= 0.3 is 0 Å².